The lowest BCUT2D eigenvalue weighted by atomic mass is 10.1. The van der Waals surface area contributed by atoms with E-state index in [0.29, 0.717) is 25.6 Å². The zero-order valence-electron chi connectivity index (χ0n) is 11.5. The van der Waals surface area contributed by atoms with Crippen LogP contribution < -0.4 is 11.1 Å². The molecule has 1 amide bonds. The molecule has 3 atom stereocenters. The Labute approximate surface area is 109 Å². The quantitative estimate of drug-likeness (QED) is 0.628. The summed E-state index contributed by atoms with van der Waals surface area (Å²) in [7, 11) is 1.65. The van der Waals surface area contributed by atoms with E-state index in [2.05, 4.69) is 5.32 Å². The van der Waals surface area contributed by atoms with Gasteiger partial charge in [0.25, 0.3) is 0 Å². The van der Waals surface area contributed by atoms with Crippen LogP contribution in [-0.2, 0) is 14.3 Å². The molecule has 1 aliphatic rings. The second-order valence-electron chi connectivity index (χ2n) is 4.88. The lowest BCUT2D eigenvalue weighted by molar-refractivity contribution is -0.136. The van der Waals surface area contributed by atoms with Gasteiger partial charge < -0.3 is 20.5 Å². The van der Waals surface area contributed by atoms with Crippen molar-refractivity contribution in [2.24, 2.45) is 11.7 Å². The third-order valence-corrected chi connectivity index (χ3v) is 3.46. The summed E-state index contributed by atoms with van der Waals surface area (Å²) < 4.78 is 10.7. The van der Waals surface area contributed by atoms with E-state index in [1.165, 1.54) is 0 Å². The predicted octanol–water partition coefficient (Wildman–Crippen LogP) is 0.672. The molecule has 0 radical (unpaired) electrons. The molecule has 5 heteroatoms. The van der Waals surface area contributed by atoms with Gasteiger partial charge in [0.15, 0.2) is 0 Å². The molecule has 0 aromatic heterocycles. The first-order chi connectivity index (χ1) is 8.69. The highest BCUT2D eigenvalue weighted by atomic mass is 16.5. The van der Waals surface area contributed by atoms with Crippen molar-refractivity contribution in [3.05, 3.63) is 0 Å². The van der Waals surface area contributed by atoms with Gasteiger partial charge in [0.05, 0.1) is 6.10 Å². The molecule has 18 heavy (non-hydrogen) atoms. The Hall–Kier alpha value is -0.650. The van der Waals surface area contributed by atoms with Gasteiger partial charge in [-0.2, -0.15) is 0 Å². The molecule has 0 aliphatic heterocycles. The molecule has 0 bridgehead atoms. The van der Waals surface area contributed by atoms with E-state index >= 15 is 0 Å². The van der Waals surface area contributed by atoms with E-state index < -0.39 is 6.10 Å². The Kier molecular flexibility index (Phi) is 7.23. The van der Waals surface area contributed by atoms with Crippen molar-refractivity contribution in [1.82, 2.24) is 5.32 Å². The molecule has 106 valence electrons. The van der Waals surface area contributed by atoms with E-state index in [0.717, 1.165) is 25.7 Å². The number of carbonyl (C=O) groups excluding carboxylic acids is 1. The number of rotatable bonds is 8. The summed E-state index contributed by atoms with van der Waals surface area (Å²) in [5.74, 6) is 0.363. The standard InChI is InChI=1S/C13H26N2O3/c1-10(13(16)15-7-4-8-17-2)18-12-6-3-5-11(12)9-14/h10-12H,3-9,14H2,1-2H3,(H,15,16). The highest BCUT2D eigenvalue weighted by Gasteiger charge is 2.29. The number of nitrogens with two attached hydrogens (primary N) is 1. The van der Waals surface area contributed by atoms with E-state index in [-0.39, 0.29) is 12.0 Å². The smallest absolute Gasteiger partial charge is 0.248 e. The molecule has 0 spiro atoms. The molecule has 1 saturated carbocycles. The van der Waals surface area contributed by atoms with Crippen LogP contribution in [0.1, 0.15) is 32.6 Å². The zero-order valence-corrected chi connectivity index (χ0v) is 11.5. The lowest BCUT2D eigenvalue weighted by Gasteiger charge is -2.22. The second kappa shape index (κ2) is 8.45. The number of ether oxygens (including phenoxy) is 2. The third-order valence-electron chi connectivity index (χ3n) is 3.46. The minimum absolute atomic E-state index is 0.0474. The first kappa shape index (κ1) is 15.4. The van der Waals surface area contributed by atoms with Gasteiger partial charge in [0.2, 0.25) is 5.91 Å². The highest BCUT2D eigenvalue weighted by Crippen LogP contribution is 2.28. The van der Waals surface area contributed by atoms with Crippen molar-refractivity contribution in [1.29, 1.82) is 0 Å². The van der Waals surface area contributed by atoms with Gasteiger partial charge in [0.1, 0.15) is 6.10 Å². The monoisotopic (exact) mass is 258 g/mol. The Morgan fingerprint density at radius 2 is 2.28 bits per heavy atom. The van der Waals surface area contributed by atoms with E-state index in [1.807, 2.05) is 0 Å². The third kappa shape index (κ3) is 4.92. The fourth-order valence-corrected chi connectivity index (χ4v) is 2.35. The minimum Gasteiger partial charge on any atom is -0.385 e. The van der Waals surface area contributed by atoms with Crippen molar-refractivity contribution in [2.75, 3.05) is 26.8 Å². The summed E-state index contributed by atoms with van der Waals surface area (Å²) in [6.07, 6.45) is 3.85. The molecule has 1 fully saturated rings. The Morgan fingerprint density at radius 1 is 1.50 bits per heavy atom. The Bertz CT molecular complexity index is 248. The van der Waals surface area contributed by atoms with Gasteiger partial charge in [-0.25, -0.2) is 0 Å². The van der Waals surface area contributed by atoms with Crippen molar-refractivity contribution in [3.8, 4) is 0 Å². The molecule has 3 N–H and O–H groups in total. The van der Waals surface area contributed by atoms with Gasteiger partial charge in [-0.3, -0.25) is 4.79 Å². The van der Waals surface area contributed by atoms with Crippen LogP contribution in [0.25, 0.3) is 0 Å². The minimum atomic E-state index is -0.398. The van der Waals surface area contributed by atoms with Crippen molar-refractivity contribution in [3.63, 3.8) is 0 Å². The summed E-state index contributed by atoms with van der Waals surface area (Å²) in [6.45, 7) is 3.74. The van der Waals surface area contributed by atoms with E-state index in [1.54, 1.807) is 14.0 Å². The molecule has 0 heterocycles. The summed E-state index contributed by atoms with van der Waals surface area (Å²) in [5, 5.41) is 2.85. The molecule has 1 aliphatic carbocycles. The van der Waals surface area contributed by atoms with Crippen LogP contribution in [0.5, 0.6) is 0 Å². The van der Waals surface area contributed by atoms with Gasteiger partial charge in [-0.05, 0) is 38.6 Å². The van der Waals surface area contributed by atoms with Crippen molar-refractivity contribution < 1.29 is 14.3 Å². The summed E-state index contributed by atoms with van der Waals surface area (Å²) in [4.78, 5) is 11.8. The van der Waals surface area contributed by atoms with Crippen LogP contribution >= 0.6 is 0 Å². The Morgan fingerprint density at radius 3 is 2.94 bits per heavy atom. The van der Waals surface area contributed by atoms with Crippen molar-refractivity contribution in [2.45, 2.75) is 44.8 Å². The maximum Gasteiger partial charge on any atom is 0.248 e. The van der Waals surface area contributed by atoms with Gasteiger partial charge in [0, 0.05) is 20.3 Å². The number of nitrogens with one attached hydrogen (secondary N) is 1. The molecule has 0 aromatic carbocycles. The van der Waals surface area contributed by atoms with Gasteiger partial charge in [-0.15, -0.1) is 0 Å². The molecule has 0 aromatic rings. The average Bonchev–Trinajstić information content (AvgIpc) is 2.81. The fourth-order valence-electron chi connectivity index (χ4n) is 2.35. The van der Waals surface area contributed by atoms with Gasteiger partial charge >= 0.3 is 0 Å². The van der Waals surface area contributed by atoms with Gasteiger partial charge in [-0.1, -0.05) is 6.42 Å². The summed E-state index contributed by atoms with van der Waals surface area (Å²) >= 11 is 0. The molecular formula is C13H26N2O3. The van der Waals surface area contributed by atoms with Crippen molar-refractivity contribution >= 4 is 5.91 Å². The lowest BCUT2D eigenvalue weighted by Crippen LogP contribution is -2.39. The maximum absolute atomic E-state index is 11.8. The molecule has 0 saturated heterocycles. The first-order valence-electron chi connectivity index (χ1n) is 6.81. The maximum atomic E-state index is 11.8. The Balaban J connectivity index is 2.22. The van der Waals surface area contributed by atoms with Crippen LogP contribution in [0.3, 0.4) is 0 Å². The average molecular weight is 258 g/mol. The summed E-state index contributed by atoms with van der Waals surface area (Å²) in [6, 6.07) is 0. The highest BCUT2D eigenvalue weighted by molar-refractivity contribution is 5.80. The van der Waals surface area contributed by atoms with Crippen LogP contribution in [-0.4, -0.2) is 44.9 Å². The SMILES string of the molecule is COCCCNC(=O)C(C)OC1CCCC1CN. The largest absolute Gasteiger partial charge is 0.385 e. The number of carbonyl (C=O) groups is 1. The summed E-state index contributed by atoms with van der Waals surface area (Å²) in [5.41, 5.74) is 5.70. The number of hydrogen-bond acceptors (Lipinski definition) is 4. The van der Waals surface area contributed by atoms with Crippen LogP contribution in [0, 0.1) is 5.92 Å². The first-order valence-corrected chi connectivity index (χ1v) is 6.81. The van der Waals surface area contributed by atoms with Crippen LogP contribution in [0.2, 0.25) is 0 Å². The van der Waals surface area contributed by atoms with Crippen LogP contribution in [0.4, 0.5) is 0 Å². The molecule has 5 nitrogen and oxygen atoms in total. The van der Waals surface area contributed by atoms with E-state index in [4.69, 9.17) is 15.2 Å². The zero-order chi connectivity index (χ0) is 13.4. The van der Waals surface area contributed by atoms with Crippen LogP contribution in [0.15, 0.2) is 0 Å². The molecule has 3 unspecified atom stereocenters. The molecular weight excluding hydrogens is 232 g/mol. The normalized spacial score (nSPS) is 25.1. The number of amides is 1. The second-order valence-corrected chi connectivity index (χ2v) is 4.88. The van der Waals surface area contributed by atoms with E-state index in [9.17, 15) is 4.79 Å². The fraction of sp³-hybridized carbons (Fsp3) is 0.923. The predicted molar refractivity (Wildman–Crippen MR) is 70.2 cm³/mol. The molecule has 1 rings (SSSR count). The number of hydrogen-bond donors (Lipinski definition) is 2. The number of methoxy groups -OCH3 is 1. The topological polar surface area (TPSA) is 73.6 Å².